The lowest BCUT2D eigenvalue weighted by molar-refractivity contribution is -0.120. The van der Waals surface area contributed by atoms with Crippen molar-refractivity contribution in [2.75, 3.05) is 7.11 Å². The average molecular weight is 501 g/mol. The predicted octanol–water partition coefficient (Wildman–Crippen LogP) is 5.43. The third-order valence-corrected chi connectivity index (χ3v) is 5.85. The van der Waals surface area contributed by atoms with Gasteiger partial charge >= 0.3 is 0 Å². The van der Waals surface area contributed by atoms with Crippen LogP contribution < -0.4 is 15.4 Å². The first-order chi connectivity index (χ1) is 17.9. The molecule has 37 heavy (non-hydrogen) atoms. The quantitative estimate of drug-likeness (QED) is 0.322. The molecule has 0 heterocycles. The predicted molar refractivity (Wildman–Crippen MR) is 138 cm³/mol. The molecule has 5 nitrogen and oxygen atoms in total. The Morgan fingerprint density at radius 1 is 0.730 bits per heavy atom. The van der Waals surface area contributed by atoms with Gasteiger partial charge in [-0.25, -0.2) is 8.78 Å². The van der Waals surface area contributed by atoms with Crippen molar-refractivity contribution in [2.45, 2.75) is 19.5 Å². The molecule has 0 aliphatic carbocycles. The zero-order valence-corrected chi connectivity index (χ0v) is 20.3. The number of amides is 2. The molecule has 0 atom stereocenters. The van der Waals surface area contributed by atoms with Gasteiger partial charge in [0.05, 0.1) is 13.5 Å². The van der Waals surface area contributed by atoms with Crippen LogP contribution in [0.3, 0.4) is 0 Å². The Morgan fingerprint density at radius 2 is 1.38 bits per heavy atom. The molecule has 0 aliphatic heterocycles. The molecule has 7 heteroatoms. The van der Waals surface area contributed by atoms with E-state index in [9.17, 15) is 18.4 Å². The lowest BCUT2D eigenvalue weighted by Crippen LogP contribution is -2.25. The molecule has 0 unspecified atom stereocenters. The number of nitrogens with one attached hydrogen (secondary N) is 2. The lowest BCUT2D eigenvalue weighted by atomic mass is 9.94. The van der Waals surface area contributed by atoms with Gasteiger partial charge in [0.1, 0.15) is 17.4 Å². The van der Waals surface area contributed by atoms with Crippen molar-refractivity contribution < 1.29 is 23.1 Å². The highest BCUT2D eigenvalue weighted by Gasteiger charge is 2.15. The second-order valence-corrected chi connectivity index (χ2v) is 8.46. The SMILES string of the molecule is COc1ccc(CC(=O)NCc2ccccc2-c2ccccc2C(=O)NCc2cc(F)cc(F)c2)cc1. The molecular formula is C30H26F2N2O3. The molecule has 2 N–H and O–H groups in total. The lowest BCUT2D eigenvalue weighted by Gasteiger charge is -2.15. The smallest absolute Gasteiger partial charge is 0.252 e. The van der Waals surface area contributed by atoms with Crippen LogP contribution >= 0.6 is 0 Å². The Morgan fingerprint density at radius 3 is 2.08 bits per heavy atom. The molecular weight excluding hydrogens is 474 g/mol. The summed E-state index contributed by atoms with van der Waals surface area (Å²) in [5, 5.41) is 5.68. The van der Waals surface area contributed by atoms with E-state index >= 15 is 0 Å². The van der Waals surface area contributed by atoms with Gasteiger partial charge in [0.25, 0.3) is 5.91 Å². The van der Waals surface area contributed by atoms with Crippen molar-refractivity contribution >= 4 is 11.8 Å². The summed E-state index contributed by atoms with van der Waals surface area (Å²) < 4.78 is 32.1. The van der Waals surface area contributed by atoms with Crippen LogP contribution in [0.25, 0.3) is 11.1 Å². The number of carbonyl (C=O) groups is 2. The molecule has 188 valence electrons. The van der Waals surface area contributed by atoms with Gasteiger partial charge in [-0.05, 0) is 58.1 Å². The van der Waals surface area contributed by atoms with Gasteiger partial charge in [0.2, 0.25) is 5.91 Å². The number of benzene rings is 4. The minimum atomic E-state index is -0.701. The van der Waals surface area contributed by atoms with E-state index in [2.05, 4.69) is 10.6 Å². The van der Waals surface area contributed by atoms with Crippen LogP contribution in [0.2, 0.25) is 0 Å². The van der Waals surface area contributed by atoms with E-state index in [0.29, 0.717) is 16.7 Å². The zero-order chi connectivity index (χ0) is 26.2. The van der Waals surface area contributed by atoms with Crippen LogP contribution in [0.15, 0.2) is 91.0 Å². The van der Waals surface area contributed by atoms with Crippen molar-refractivity contribution in [1.29, 1.82) is 0 Å². The number of hydrogen-bond donors (Lipinski definition) is 2. The largest absolute Gasteiger partial charge is 0.497 e. The Kier molecular flexibility index (Phi) is 8.26. The maximum Gasteiger partial charge on any atom is 0.252 e. The summed E-state index contributed by atoms with van der Waals surface area (Å²) in [7, 11) is 1.59. The first-order valence-electron chi connectivity index (χ1n) is 11.7. The van der Waals surface area contributed by atoms with Crippen LogP contribution in [0.5, 0.6) is 5.75 Å². The standard InChI is InChI=1S/C30H26F2N2O3/c1-37-25-12-10-20(11-13-25)16-29(35)33-19-22-6-2-3-7-26(22)27-8-4-5-9-28(27)30(36)34-18-21-14-23(31)17-24(32)15-21/h2-15,17H,16,18-19H2,1H3,(H,33,35)(H,34,36). The van der Waals surface area contributed by atoms with E-state index in [-0.39, 0.29) is 31.3 Å². The Hall–Kier alpha value is -4.52. The minimum absolute atomic E-state index is 0.0229. The Bertz CT molecular complexity index is 1380. The number of hydrogen-bond acceptors (Lipinski definition) is 3. The second kappa shape index (κ2) is 11.9. The van der Waals surface area contributed by atoms with Gasteiger partial charge in [-0.2, -0.15) is 0 Å². The molecule has 0 radical (unpaired) electrons. The van der Waals surface area contributed by atoms with Crippen molar-refractivity contribution in [3.8, 4) is 16.9 Å². The van der Waals surface area contributed by atoms with E-state index < -0.39 is 11.6 Å². The van der Waals surface area contributed by atoms with Crippen LogP contribution in [0.1, 0.15) is 27.0 Å². The average Bonchev–Trinajstić information content (AvgIpc) is 2.90. The molecule has 0 spiro atoms. The number of methoxy groups -OCH3 is 1. The van der Waals surface area contributed by atoms with E-state index in [1.54, 1.807) is 19.2 Å². The molecule has 0 bridgehead atoms. The molecule has 0 aliphatic rings. The summed E-state index contributed by atoms with van der Waals surface area (Å²) >= 11 is 0. The van der Waals surface area contributed by atoms with Crippen molar-refractivity contribution in [2.24, 2.45) is 0 Å². The summed E-state index contributed by atoms with van der Waals surface area (Å²) in [6.45, 7) is 0.259. The van der Waals surface area contributed by atoms with Crippen LogP contribution in [0, 0.1) is 11.6 Å². The highest BCUT2D eigenvalue weighted by molar-refractivity contribution is 6.01. The van der Waals surface area contributed by atoms with E-state index in [1.165, 1.54) is 12.1 Å². The topological polar surface area (TPSA) is 67.4 Å². The third-order valence-electron chi connectivity index (χ3n) is 5.85. The number of ether oxygens (including phenoxy) is 1. The first kappa shape index (κ1) is 25.6. The molecule has 4 aromatic carbocycles. The maximum atomic E-state index is 13.5. The summed E-state index contributed by atoms with van der Waals surface area (Å²) in [5.41, 5.74) is 3.93. The van der Waals surface area contributed by atoms with Gasteiger partial charge in [-0.3, -0.25) is 9.59 Å². The fraction of sp³-hybridized carbons (Fsp3) is 0.133. The Balaban J connectivity index is 1.47. The molecule has 0 fully saturated rings. The first-order valence-corrected chi connectivity index (χ1v) is 11.7. The van der Waals surface area contributed by atoms with Crippen LogP contribution in [-0.2, 0) is 24.3 Å². The van der Waals surface area contributed by atoms with E-state index in [4.69, 9.17) is 4.74 Å². The highest BCUT2D eigenvalue weighted by Crippen LogP contribution is 2.27. The van der Waals surface area contributed by atoms with E-state index in [1.807, 2.05) is 60.7 Å². The molecule has 0 aromatic heterocycles. The van der Waals surface area contributed by atoms with Crippen LogP contribution in [0.4, 0.5) is 8.78 Å². The second-order valence-electron chi connectivity index (χ2n) is 8.46. The van der Waals surface area contributed by atoms with Gasteiger partial charge in [0, 0.05) is 24.7 Å². The van der Waals surface area contributed by atoms with E-state index in [0.717, 1.165) is 28.5 Å². The molecule has 0 saturated heterocycles. The molecule has 4 aromatic rings. The molecule has 2 amide bonds. The molecule has 4 rings (SSSR count). The summed E-state index contributed by atoms with van der Waals surface area (Å²) in [6.07, 6.45) is 0.228. The fourth-order valence-electron chi connectivity index (χ4n) is 4.03. The van der Waals surface area contributed by atoms with Crippen molar-refractivity contribution in [1.82, 2.24) is 10.6 Å². The normalized spacial score (nSPS) is 10.6. The number of halogens is 2. The van der Waals surface area contributed by atoms with Crippen molar-refractivity contribution in [3.63, 3.8) is 0 Å². The summed E-state index contributed by atoms with van der Waals surface area (Å²) in [4.78, 5) is 25.6. The molecule has 0 saturated carbocycles. The third kappa shape index (κ3) is 6.79. The zero-order valence-electron chi connectivity index (χ0n) is 20.3. The highest BCUT2D eigenvalue weighted by atomic mass is 19.1. The maximum absolute atomic E-state index is 13.5. The summed E-state index contributed by atoms with van der Waals surface area (Å²) in [6, 6.07) is 25.1. The van der Waals surface area contributed by atoms with Gasteiger partial charge < -0.3 is 15.4 Å². The minimum Gasteiger partial charge on any atom is -0.497 e. The summed E-state index contributed by atoms with van der Waals surface area (Å²) in [5.74, 6) is -1.18. The fourth-order valence-corrected chi connectivity index (χ4v) is 4.03. The Labute approximate surface area is 214 Å². The monoisotopic (exact) mass is 500 g/mol. The van der Waals surface area contributed by atoms with Gasteiger partial charge in [-0.15, -0.1) is 0 Å². The number of rotatable bonds is 9. The van der Waals surface area contributed by atoms with Crippen molar-refractivity contribution in [3.05, 3.63) is 125 Å². The van der Waals surface area contributed by atoms with Crippen LogP contribution in [-0.4, -0.2) is 18.9 Å². The van der Waals surface area contributed by atoms with Gasteiger partial charge in [-0.1, -0.05) is 54.6 Å². The number of carbonyl (C=O) groups excluding carboxylic acids is 2. The van der Waals surface area contributed by atoms with Gasteiger partial charge in [0.15, 0.2) is 0 Å².